The number of hydrogen-bond acceptors (Lipinski definition) is 4. The number of amides is 2. The number of benzene rings is 1. The van der Waals surface area contributed by atoms with Gasteiger partial charge in [0.2, 0.25) is 11.8 Å². The summed E-state index contributed by atoms with van der Waals surface area (Å²) in [6, 6.07) is 7.42. The lowest BCUT2D eigenvalue weighted by Crippen LogP contribution is -2.43. The molecule has 0 spiro atoms. The van der Waals surface area contributed by atoms with Crippen LogP contribution < -0.4 is 4.74 Å². The molecule has 2 amide bonds. The topological polar surface area (TPSA) is 87.2 Å². The molecule has 1 atom stereocenters. The summed E-state index contributed by atoms with van der Waals surface area (Å²) in [5.74, 6) is -0.470. The van der Waals surface area contributed by atoms with E-state index in [-0.39, 0.29) is 30.5 Å². The van der Waals surface area contributed by atoms with Crippen LogP contribution in [0.15, 0.2) is 24.3 Å². The monoisotopic (exact) mass is 390 g/mol. The van der Waals surface area contributed by atoms with Crippen LogP contribution in [0.3, 0.4) is 0 Å². The fraction of sp³-hybridized carbons (Fsp3) is 0.571. The van der Waals surface area contributed by atoms with Crippen molar-refractivity contribution in [3.63, 3.8) is 0 Å². The summed E-state index contributed by atoms with van der Waals surface area (Å²) in [7, 11) is 0. The first-order chi connectivity index (χ1) is 13.3. The van der Waals surface area contributed by atoms with Gasteiger partial charge in [0, 0.05) is 26.1 Å². The Morgan fingerprint density at radius 2 is 2.00 bits per heavy atom. The minimum absolute atomic E-state index is 0.0370. The average molecular weight is 390 g/mol. The van der Waals surface area contributed by atoms with Crippen molar-refractivity contribution in [3.05, 3.63) is 29.8 Å². The summed E-state index contributed by atoms with van der Waals surface area (Å²) in [5.41, 5.74) is 0.903. The Hall–Kier alpha value is -2.57. The van der Waals surface area contributed by atoms with Crippen LogP contribution in [0.25, 0.3) is 0 Å². The highest BCUT2D eigenvalue weighted by Crippen LogP contribution is 2.20. The molecule has 28 heavy (non-hydrogen) atoms. The van der Waals surface area contributed by atoms with Crippen molar-refractivity contribution in [1.29, 1.82) is 0 Å². The molecule has 1 aliphatic rings. The lowest BCUT2D eigenvalue weighted by molar-refractivity contribution is -0.145. The van der Waals surface area contributed by atoms with E-state index < -0.39 is 5.97 Å². The molecular weight excluding hydrogens is 360 g/mol. The number of hydrogen-bond donors (Lipinski definition) is 1. The molecule has 1 heterocycles. The van der Waals surface area contributed by atoms with Gasteiger partial charge in [-0.1, -0.05) is 12.1 Å². The summed E-state index contributed by atoms with van der Waals surface area (Å²) in [6.45, 7) is 6.16. The van der Waals surface area contributed by atoms with Crippen LogP contribution in [0.5, 0.6) is 5.75 Å². The van der Waals surface area contributed by atoms with Gasteiger partial charge in [0.1, 0.15) is 12.3 Å². The van der Waals surface area contributed by atoms with Gasteiger partial charge in [0.25, 0.3) is 0 Å². The lowest BCUT2D eigenvalue weighted by Gasteiger charge is -2.28. The molecule has 1 aromatic carbocycles. The van der Waals surface area contributed by atoms with Crippen LogP contribution >= 0.6 is 0 Å². The molecular formula is C21H30N2O5. The molecule has 0 radical (unpaired) electrons. The molecule has 1 aromatic rings. The Morgan fingerprint density at radius 1 is 1.25 bits per heavy atom. The van der Waals surface area contributed by atoms with Gasteiger partial charge in [-0.25, -0.2) is 0 Å². The quantitative estimate of drug-likeness (QED) is 0.772. The summed E-state index contributed by atoms with van der Waals surface area (Å²) in [6.07, 6.45) is 2.41. The number of rotatable bonds is 7. The van der Waals surface area contributed by atoms with Crippen molar-refractivity contribution in [2.45, 2.75) is 58.6 Å². The van der Waals surface area contributed by atoms with E-state index in [2.05, 4.69) is 0 Å². The van der Waals surface area contributed by atoms with Gasteiger partial charge in [-0.15, -0.1) is 0 Å². The first-order valence-electron chi connectivity index (χ1n) is 9.78. The summed E-state index contributed by atoms with van der Waals surface area (Å²) in [4.78, 5) is 38.8. The molecule has 0 aromatic heterocycles. The Kier molecular flexibility index (Phi) is 7.84. The number of aliphatic carboxylic acids is 1. The molecule has 7 heteroatoms. The maximum absolute atomic E-state index is 12.8. The van der Waals surface area contributed by atoms with Crippen molar-refractivity contribution in [3.8, 4) is 5.75 Å². The molecule has 7 nitrogen and oxygen atoms in total. The Balaban J connectivity index is 1.97. The van der Waals surface area contributed by atoms with Gasteiger partial charge in [-0.2, -0.15) is 0 Å². The van der Waals surface area contributed by atoms with E-state index in [0.717, 1.165) is 17.7 Å². The van der Waals surface area contributed by atoms with E-state index in [1.807, 2.05) is 43.0 Å². The zero-order valence-electron chi connectivity index (χ0n) is 16.9. The second kappa shape index (κ2) is 10.1. The normalized spacial score (nSPS) is 17.1. The Morgan fingerprint density at radius 3 is 2.64 bits per heavy atom. The van der Waals surface area contributed by atoms with Gasteiger partial charge in [0.05, 0.1) is 12.5 Å². The summed E-state index contributed by atoms with van der Waals surface area (Å²) in [5, 5.41) is 9.05. The number of carboxylic acid groups (broad SMARTS) is 1. The van der Waals surface area contributed by atoms with E-state index in [4.69, 9.17) is 9.84 Å². The van der Waals surface area contributed by atoms with Crippen molar-refractivity contribution in [2.75, 3.05) is 19.6 Å². The Labute approximate surface area is 166 Å². The third kappa shape index (κ3) is 6.55. The van der Waals surface area contributed by atoms with Crippen LogP contribution in [0.1, 0.15) is 45.6 Å². The number of carboxylic acids is 1. The SMILES string of the molecule is CC(=O)N(CC(=O)O)C1CCCN(C(=O)Cc2cccc(OC(C)C)c2)CC1. The minimum Gasteiger partial charge on any atom is -0.491 e. The fourth-order valence-corrected chi connectivity index (χ4v) is 3.57. The molecule has 1 fully saturated rings. The number of nitrogens with zero attached hydrogens (tertiary/aromatic N) is 2. The first kappa shape index (κ1) is 21.7. The van der Waals surface area contributed by atoms with Gasteiger partial charge in [0.15, 0.2) is 0 Å². The van der Waals surface area contributed by atoms with Crippen molar-refractivity contribution < 1.29 is 24.2 Å². The van der Waals surface area contributed by atoms with Crippen molar-refractivity contribution in [1.82, 2.24) is 9.80 Å². The van der Waals surface area contributed by atoms with E-state index in [1.165, 1.54) is 11.8 Å². The van der Waals surface area contributed by atoms with E-state index in [0.29, 0.717) is 32.4 Å². The average Bonchev–Trinajstić information content (AvgIpc) is 2.85. The fourth-order valence-electron chi connectivity index (χ4n) is 3.57. The van der Waals surface area contributed by atoms with Gasteiger partial charge in [-0.05, 0) is 50.8 Å². The summed E-state index contributed by atoms with van der Waals surface area (Å²) >= 11 is 0. The largest absolute Gasteiger partial charge is 0.491 e. The second-order valence-electron chi connectivity index (χ2n) is 7.50. The highest BCUT2D eigenvalue weighted by Gasteiger charge is 2.27. The third-order valence-electron chi connectivity index (χ3n) is 4.83. The molecule has 1 N–H and O–H groups in total. The van der Waals surface area contributed by atoms with Crippen LogP contribution in [0, 0.1) is 0 Å². The zero-order valence-corrected chi connectivity index (χ0v) is 16.9. The van der Waals surface area contributed by atoms with Crippen LogP contribution in [-0.4, -0.2) is 64.5 Å². The van der Waals surface area contributed by atoms with Crippen LogP contribution in [0.2, 0.25) is 0 Å². The minimum atomic E-state index is -1.02. The van der Waals surface area contributed by atoms with Crippen molar-refractivity contribution >= 4 is 17.8 Å². The highest BCUT2D eigenvalue weighted by molar-refractivity contribution is 5.80. The highest BCUT2D eigenvalue weighted by atomic mass is 16.5. The predicted molar refractivity (Wildman–Crippen MR) is 105 cm³/mol. The van der Waals surface area contributed by atoms with Crippen LogP contribution in [-0.2, 0) is 20.8 Å². The van der Waals surface area contributed by atoms with E-state index in [1.54, 1.807) is 0 Å². The number of ether oxygens (including phenoxy) is 1. The molecule has 0 saturated carbocycles. The standard InChI is InChI=1S/C21H30N2O5/c1-15(2)28-19-8-4-6-17(12-19)13-20(25)22-10-5-7-18(9-11-22)23(16(3)24)14-21(26)27/h4,6,8,12,15,18H,5,7,9-11,13-14H2,1-3H3,(H,26,27). The molecule has 1 aliphatic heterocycles. The number of likely N-dealkylation sites (tertiary alicyclic amines) is 1. The first-order valence-corrected chi connectivity index (χ1v) is 9.78. The van der Waals surface area contributed by atoms with Gasteiger partial charge < -0.3 is 19.6 Å². The van der Waals surface area contributed by atoms with Gasteiger partial charge >= 0.3 is 5.97 Å². The molecule has 154 valence electrons. The lowest BCUT2D eigenvalue weighted by atomic mass is 10.1. The number of carbonyl (C=O) groups is 3. The Bertz CT molecular complexity index is 704. The summed E-state index contributed by atoms with van der Waals surface area (Å²) < 4.78 is 5.69. The van der Waals surface area contributed by atoms with E-state index in [9.17, 15) is 14.4 Å². The van der Waals surface area contributed by atoms with Crippen molar-refractivity contribution in [2.24, 2.45) is 0 Å². The second-order valence-corrected chi connectivity index (χ2v) is 7.50. The maximum atomic E-state index is 12.8. The molecule has 1 saturated heterocycles. The zero-order chi connectivity index (χ0) is 20.7. The smallest absolute Gasteiger partial charge is 0.323 e. The molecule has 2 rings (SSSR count). The third-order valence-corrected chi connectivity index (χ3v) is 4.83. The number of carbonyl (C=O) groups excluding carboxylic acids is 2. The predicted octanol–water partition coefficient (Wildman–Crippen LogP) is 2.33. The van der Waals surface area contributed by atoms with Crippen LogP contribution in [0.4, 0.5) is 0 Å². The maximum Gasteiger partial charge on any atom is 0.323 e. The molecule has 0 aliphatic carbocycles. The van der Waals surface area contributed by atoms with E-state index >= 15 is 0 Å². The van der Waals surface area contributed by atoms with Gasteiger partial charge in [-0.3, -0.25) is 14.4 Å². The molecule has 1 unspecified atom stereocenters. The molecule has 0 bridgehead atoms.